The van der Waals surface area contributed by atoms with Gasteiger partial charge in [0.2, 0.25) is 0 Å². The highest BCUT2D eigenvalue weighted by atomic mass is 28.4. The molecule has 1 aliphatic rings. The van der Waals surface area contributed by atoms with E-state index in [1.807, 2.05) is 51.1 Å². The van der Waals surface area contributed by atoms with Gasteiger partial charge in [0.25, 0.3) is 0 Å². The van der Waals surface area contributed by atoms with Gasteiger partial charge in [0.15, 0.2) is 8.32 Å². The van der Waals surface area contributed by atoms with Gasteiger partial charge in [-0.2, -0.15) is 0 Å². The zero-order valence-corrected chi connectivity index (χ0v) is 22.7. The summed E-state index contributed by atoms with van der Waals surface area (Å²) in [5.74, 6) is 0.0112. The number of ether oxygens (including phenoxy) is 2. The van der Waals surface area contributed by atoms with Crippen molar-refractivity contribution in [3.63, 3.8) is 0 Å². The summed E-state index contributed by atoms with van der Waals surface area (Å²) in [6.07, 6.45) is -1.13. The fourth-order valence-electron chi connectivity index (χ4n) is 3.53. The van der Waals surface area contributed by atoms with Crippen LogP contribution in [0.5, 0.6) is 0 Å². The van der Waals surface area contributed by atoms with Crippen LogP contribution in [-0.2, 0) is 20.5 Å². The third-order valence-electron chi connectivity index (χ3n) is 6.29. The molecule has 0 radical (unpaired) electrons. The van der Waals surface area contributed by atoms with E-state index >= 15 is 0 Å². The number of amides is 2. The van der Waals surface area contributed by atoms with Gasteiger partial charge < -0.3 is 24.1 Å². The summed E-state index contributed by atoms with van der Waals surface area (Å²) in [6, 6.07) is 9.19. The van der Waals surface area contributed by atoms with Gasteiger partial charge in [-0.3, -0.25) is 0 Å². The van der Waals surface area contributed by atoms with Crippen LogP contribution < -0.4 is 5.32 Å². The maximum absolute atomic E-state index is 12.9. The van der Waals surface area contributed by atoms with E-state index < -0.39 is 32.1 Å². The number of rotatable bonds is 5. The van der Waals surface area contributed by atoms with Crippen LogP contribution in [0.2, 0.25) is 18.1 Å². The highest BCUT2D eigenvalue weighted by Crippen LogP contribution is 2.39. The van der Waals surface area contributed by atoms with Gasteiger partial charge in [0, 0.05) is 19.0 Å². The molecule has 1 aromatic carbocycles. The molecule has 3 atom stereocenters. The Kier molecular flexibility index (Phi) is 8.62. The standard InChI is InChI=1S/C25H42N2O5Si/c1-18-15-27(23(29)30-17-19-13-11-10-12-14-19)16-20(26-22(28)31-24(2,3)4)21(18)32-33(8,9)25(5,6)7/h10-14,18,20-21H,15-17H2,1-9H3,(H,26,28)/t18-,20+,21+/m0/s1. The Morgan fingerprint density at radius 3 is 2.21 bits per heavy atom. The van der Waals surface area contributed by atoms with Gasteiger partial charge in [-0.15, -0.1) is 0 Å². The van der Waals surface area contributed by atoms with Crippen LogP contribution >= 0.6 is 0 Å². The summed E-state index contributed by atoms with van der Waals surface area (Å²) in [7, 11) is -2.11. The second-order valence-electron chi connectivity index (χ2n) is 11.5. The molecule has 0 aromatic heterocycles. The van der Waals surface area contributed by atoms with E-state index in [2.05, 4.69) is 46.1 Å². The number of nitrogens with one attached hydrogen (secondary N) is 1. The smallest absolute Gasteiger partial charge is 0.410 e. The number of carbonyl (C=O) groups excluding carboxylic acids is 2. The maximum atomic E-state index is 12.9. The number of piperidine rings is 1. The first-order valence-corrected chi connectivity index (χ1v) is 14.6. The number of carbonyl (C=O) groups is 2. The molecule has 0 bridgehead atoms. The Morgan fingerprint density at radius 2 is 1.67 bits per heavy atom. The van der Waals surface area contributed by atoms with E-state index in [0.29, 0.717) is 13.1 Å². The lowest BCUT2D eigenvalue weighted by molar-refractivity contribution is -0.00130. The SMILES string of the molecule is C[C@H]1CN(C(=O)OCc2ccccc2)C[C@@H](NC(=O)OC(C)(C)C)[C@@H]1O[Si](C)(C)C(C)(C)C. The first kappa shape index (κ1) is 27.2. The van der Waals surface area contributed by atoms with Crippen molar-refractivity contribution in [1.29, 1.82) is 0 Å². The maximum Gasteiger partial charge on any atom is 0.410 e. The van der Waals surface area contributed by atoms with Gasteiger partial charge in [-0.05, 0) is 44.5 Å². The molecule has 1 aliphatic heterocycles. The van der Waals surface area contributed by atoms with Crippen molar-refractivity contribution in [1.82, 2.24) is 10.2 Å². The molecule has 7 nitrogen and oxygen atoms in total. The van der Waals surface area contributed by atoms with Gasteiger partial charge in [-0.1, -0.05) is 58.0 Å². The van der Waals surface area contributed by atoms with E-state index in [1.165, 1.54) is 0 Å². The molecular weight excluding hydrogens is 436 g/mol. The number of alkyl carbamates (subject to hydrolysis) is 1. The van der Waals surface area contributed by atoms with E-state index in [9.17, 15) is 9.59 Å². The van der Waals surface area contributed by atoms with E-state index in [0.717, 1.165) is 5.56 Å². The van der Waals surface area contributed by atoms with Crippen molar-refractivity contribution in [2.45, 2.75) is 91.0 Å². The van der Waals surface area contributed by atoms with Crippen molar-refractivity contribution >= 4 is 20.5 Å². The van der Waals surface area contributed by atoms with Gasteiger partial charge in [-0.25, -0.2) is 9.59 Å². The lowest BCUT2D eigenvalue weighted by Gasteiger charge is -2.47. The third kappa shape index (κ3) is 8.03. The molecule has 0 saturated carbocycles. The summed E-state index contributed by atoms with van der Waals surface area (Å²) >= 11 is 0. The van der Waals surface area contributed by atoms with Crippen LogP contribution in [-0.4, -0.2) is 56.2 Å². The summed E-state index contributed by atoms with van der Waals surface area (Å²) in [5, 5.41) is 3.00. The second kappa shape index (κ2) is 10.5. The Labute approximate surface area is 200 Å². The van der Waals surface area contributed by atoms with Gasteiger partial charge >= 0.3 is 12.2 Å². The molecule has 1 heterocycles. The average molecular weight is 479 g/mol. The molecule has 1 aromatic rings. The van der Waals surface area contributed by atoms with Crippen molar-refractivity contribution in [2.75, 3.05) is 13.1 Å². The average Bonchev–Trinajstić information content (AvgIpc) is 2.67. The minimum absolute atomic E-state index is 0.0112. The fraction of sp³-hybridized carbons (Fsp3) is 0.680. The molecular formula is C25H42N2O5Si. The molecule has 2 amide bonds. The molecule has 186 valence electrons. The van der Waals surface area contributed by atoms with Crippen LogP contribution in [0.25, 0.3) is 0 Å². The predicted octanol–water partition coefficient (Wildman–Crippen LogP) is 5.56. The highest BCUT2D eigenvalue weighted by molar-refractivity contribution is 6.74. The molecule has 0 aliphatic carbocycles. The zero-order chi connectivity index (χ0) is 25.0. The minimum Gasteiger partial charge on any atom is -0.445 e. The lowest BCUT2D eigenvalue weighted by atomic mass is 9.92. The molecule has 1 saturated heterocycles. The number of benzene rings is 1. The van der Waals surface area contributed by atoms with Gasteiger partial charge in [0.1, 0.15) is 12.2 Å². The topological polar surface area (TPSA) is 77.1 Å². The molecule has 0 unspecified atom stereocenters. The van der Waals surface area contributed by atoms with Crippen molar-refractivity contribution in [3.05, 3.63) is 35.9 Å². The zero-order valence-electron chi connectivity index (χ0n) is 21.7. The van der Waals surface area contributed by atoms with Crippen LogP contribution in [0.1, 0.15) is 54.0 Å². The minimum atomic E-state index is -2.11. The number of hydrogen-bond donors (Lipinski definition) is 1. The molecule has 0 spiro atoms. The first-order chi connectivity index (χ1) is 15.1. The Morgan fingerprint density at radius 1 is 1.06 bits per heavy atom. The van der Waals surface area contributed by atoms with Crippen molar-refractivity contribution < 1.29 is 23.5 Å². The normalized spacial score (nSPS) is 22.0. The molecule has 33 heavy (non-hydrogen) atoms. The summed E-state index contributed by atoms with van der Waals surface area (Å²) in [6.45, 7) is 19.5. The largest absolute Gasteiger partial charge is 0.445 e. The van der Waals surface area contributed by atoms with Crippen LogP contribution in [0.15, 0.2) is 30.3 Å². The Bertz CT molecular complexity index is 801. The first-order valence-electron chi connectivity index (χ1n) is 11.7. The Hall–Kier alpha value is -2.06. The van der Waals surface area contributed by atoms with Gasteiger partial charge in [0.05, 0.1) is 12.1 Å². The Balaban J connectivity index is 2.16. The second-order valence-corrected chi connectivity index (χ2v) is 16.3. The van der Waals surface area contributed by atoms with Crippen LogP contribution in [0.4, 0.5) is 9.59 Å². The predicted molar refractivity (Wildman–Crippen MR) is 133 cm³/mol. The van der Waals surface area contributed by atoms with E-state index in [1.54, 1.807) is 4.90 Å². The monoisotopic (exact) mass is 478 g/mol. The van der Waals surface area contributed by atoms with Crippen LogP contribution in [0.3, 0.4) is 0 Å². The lowest BCUT2D eigenvalue weighted by Crippen LogP contribution is -2.63. The molecule has 8 heteroatoms. The fourth-order valence-corrected chi connectivity index (χ4v) is 4.96. The van der Waals surface area contributed by atoms with Crippen molar-refractivity contribution in [2.24, 2.45) is 5.92 Å². The molecule has 1 N–H and O–H groups in total. The summed E-state index contributed by atoms with van der Waals surface area (Å²) in [4.78, 5) is 27.1. The summed E-state index contributed by atoms with van der Waals surface area (Å²) < 4.78 is 17.8. The molecule has 1 fully saturated rings. The van der Waals surface area contributed by atoms with Crippen LogP contribution in [0, 0.1) is 5.92 Å². The number of hydrogen-bond acceptors (Lipinski definition) is 5. The highest BCUT2D eigenvalue weighted by Gasteiger charge is 2.46. The number of likely N-dealkylation sites (tertiary alicyclic amines) is 1. The van der Waals surface area contributed by atoms with Crippen molar-refractivity contribution in [3.8, 4) is 0 Å². The third-order valence-corrected chi connectivity index (χ3v) is 10.8. The quantitative estimate of drug-likeness (QED) is 0.561. The van der Waals surface area contributed by atoms with E-state index in [4.69, 9.17) is 13.9 Å². The summed E-state index contributed by atoms with van der Waals surface area (Å²) in [5.41, 5.74) is 0.313. The molecule has 2 rings (SSSR count). The van der Waals surface area contributed by atoms with E-state index in [-0.39, 0.29) is 23.7 Å². The number of nitrogens with zero attached hydrogens (tertiary/aromatic N) is 1.